The molecule has 1 aliphatic rings. The average Bonchev–Trinajstić information content (AvgIpc) is 2.90. The zero-order chi connectivity index (χ0) is 18.2. The van der Waals surface area contributed by atoms with Gasteiger partial charge < -0.3 is 14.9 Å². The van der Waals surface area contributed by atoms with Crippen LogP contribution >= 0.6 is 0 Å². The first-order valence-electron chi connectivity index (χ1n) is 7.90. The molecule has 0 saturated heterocycles. The maximum Gasteiger partial charge on any atom is 0.313 e. The van der Waals surface area contributed by atoms with Gasteiger partial charge in [0, 0.05) is 23.6 Å². The summed E-state index contributed by atoms with van der Waals surface area (Å²) in [4.78, 5) is 24.9. The lowest BCUT2D eigenvalue weighted by Crippen LogP contribution is -2.50. The van der Waals surface area contributed by atoms with Gasteiger partial charge >= 0.3 is 5.97 Å². The molecule has 132 valence electrons. The minimum atomic E-state index is -1.48. The van der Waals surface area contributed by atoms with Gasteiger partial charge in [0.05, 0.1) is 11.5 Å². The van der Waals surface area contributed by atoms with E-state index in [4.69, 9.17) is 4.74 Å². The molecule has 1 aromatic heterocycles. The van der Waals surface area contributed by atoms with Crippen molar-refractivity contribution >= 4 is 5.97 Å². The van der Waals surface area contributed by atoms with Gasteiger partial charge in [-0.05, 0) is 24.6 Å². The lowest BCUT2D eigenvalue weighted by atomic mass is 9.66. The number of ether oxygens (including phenoxy) is 1. The van der Waals surface area contributed by atoms with Crippen LogP contribution in [0.5, 0.6) is 0 Å². The number of aliphatic hydroxyl groups is 1. The number of carbonyl (C=O) groups excluding carboxylic acids is 1. The summed E-state index contributed by atoms with van der Waals surface area (Å²) in [7, 11) is 0. The van der Waals surface area contributed by atoms with Gasteiger partial charge in [0.15, 0.2) is 0 Å². The summed E-state index contributed by atoms with van der Waals surface area (Å²) in [6, 6.07) is 5.66. The van der Waals surface area contributed by atoms with Crippen molar-refractivity contribution in [2.75, 3.05) is 6.61 Å². The van der Waals surface area contributed by atoms with Gasteiger partial charge in [-0.3, -0.25) is 14.7 Å². The molecule has 1 heterocycles. The maximum atomic E-state index is 13.8. The fourth-order valence-corrected chi connectivity index (χ4v) is 3.55. The van der Waals surface area contributed by atoms with Crippen LogP contribution in [0, 0.1) is 11.7 Å². The second-order valence-corrected chi connectivity index (χ2v) is 6.43. The van der Waals surface area contributed by atoms with Crippen LogP contribution in [0.2, 0.25) is 0 Å². The number of H-pyrrole nitrogens is 2. The van der Waals surface area contributed by atoms with Crippen molar-refractivity contribution in [2.24, 2.45) is 5.92 Å². The molecule has 2 aromatic rings. The van der Waals surface area contributed by atoms with Crippen LogP contribution in [0.4, 0.5) is 4.39 Å². The summed E-state index contributed by atoms with van der Waals surface area (Å²) in [5, 5.41) is 16.1. The number of fused-ring (bicyclic) bond motifs is 1. The summed E-state index contributed by atoms with van der Waals surface area (Å²) >= 11 is 0. The maximum absolute atomic E-state index is 13.8. The Balaban J connectivity index is 2.18. The zero-order valence-electron chi connectivity index (χ0n) is 13.7. The SMILES string of the molecule is C=CCOC(=O)C1C(c2cccc(F)c2)c2c([nH][nH]c2=O)CC1(C)O. The highest BCUT2D eigenvalue weighted by Crippen LogP contribution is 2.44. The molecule has 3 rings (SSSR count). The molecular formula is C18H19FN2O4. The zero-order valence-corrected chi connectivity index (χ0v) is 13.7. The summed E-state index contributed by atoms with van der Waals surface area (Å²) in [5.74, 6) is -3.04. The normalized spacial score (nSPS) is 25.2. The molecule has 3 unspecified atom stereocenters. The van der Waals surface area contributed by atoms with E-state index in [-0.39, 0.29) is 13.0 Å². The predicted octanol–water partition coefficient (Wildman–Crippen LogP) is 1.63. The van der Waals surface area contributed by atoms with Gasteiger partial charge in [-0.15, -0.1) is 0 Å². The topological polar surface area (TPSA) is 95.2 Å². The summed E-state index contributed by atoms with van der Waals surface area (Å²) < 4.78 is 18.9. The second kappa shape index (κ2) is 6.33. The van der Waals surface area contributed by atoms with E-state index in [2.05, 4.69) is 16.8 Å². The van der Waals surface area contributed by atoms with E-state index in [0.717, 1.165) is 0 Å². The molecule has 1 aromatic carbocycles. The van der Waals surface area contributed by atoms with E-state index in [0.29, 0.717) is 16.8 Å². The Labute approximate surface area is 143 Å². The Morgan fingerprint density at radius 3 is 2.96 bits per heavy atom. The average molecular weight is 346 g/mol. The molecule has 0 saturated carbocycles. The van der Waals surface area contributed by atoms with Crippen LogP contribution in [0.25, 0.3) is 0 Å². The quantitative estimate of drug-likeness (QED) is 0.579. The van der Waals surface area contributed by atoms with E-state index >= 15 is 0 Å². The Kier molecular flexibility index (Phi) is 4.34. The van der Waals surface area contributed by atoms with Gasteiger partial charge in [-0.2, -0.15) is 0 Å². The molecule has 1 aliphatic carbocycles. The summed E-state index contributed by atoms with van der Waals surface area (Å²) in [6.07, 6.45) is 1.49. The number of aromatic nitrogens is 2. The van der Waals surface area contributed by atoms with Gasteiger partial charge in [-0.25, -0.2) is 4.39 Å². The van der Waals surface area contributed by atoms with Gasteiger partial charge in [0.1, 0.15) is 12.4 Å². The molecule has 0 fully saturated rings. The first-order valence-corrected chi connectivity index (χ1v) is 7.90. The number of benzene rings is 1. The highest BCUT2D eigenvalue weighted by atomic mass is 19.1. The van der Waals surface area contributed by atoms with Crippen molar-refractivity contribution in [1.29, 1.82) is 0 Å². The van der Waals surface area contributed by atoms with Crippen molar-refractivity contribution in [3.05, 3.63) is 69.9 Å². The number of hydrogen-bond donors (Lipinski definition) is 3. The lowest BCUT2D eigenvalue weighted by molar-refractivity contribution is -0.158. The van der Waals surface area contributed by atoms with E-state index in [9.17, 15) is 19.1 Å². The first-order chi connectivity index (χ1) is 11.8. The summed E-state index contributed by atoms with van der Waals surface area (Å²) in [5.41, 5.74) is -0.643. The highest BCUT2D eigenvalue weighted by molar-refractivity contribution is 5.77. The second-order valence-electron chi connectivity index (χ2n) is 6.43. The van der Waals surface area contributed by atoms with Gasteiger partial charge in [0.2, 0.25) is 0 Å². The Bertz CT molecular complexity index is 868. The number of carbonyl (C=O) groups is 1. The number of nitrogens with one attached hydrogen (secondary N) is 2. The van der Waals surface area contributed by atoms with Crippen LogP contribution in [0.3, 0.4) is 0 Å². The molecule has 25 heavy (non-hydrogen) atoms. The Morgan fingerprint density at radius 1 is 1.52 bits per heavy atom. The fraction of sp³-hybridized carbons (Fsp3) is 0.333. The van der Waals surface area contributed by atoms with E-state index < -0.39 is 34.8 Å². The molecule has 6 nitrogen and oxygen atoms in total. The summed E-state index contributed by atoms with van der Waals surface area (Å²) in [6.45, 7) is 4.99. The van der Waals surface area contributed by atoms with Gasteiger partial charge in [-0.1, -0.05) is 24.8 Å². The van der Waals surface area contributed by atoms with Crippen LogP contribution in [-0.4, -0.2) is 33.5 Å². The van der Waals surface area contributed by atoms with Crippen LogP contribution < -0.4 is 5.56 Å². The van der Waals surface area contributed by atoms with Crippen LogP contribution in [0.1, 0.15) is 29.7 Å². The predicted molar refractivity (Wildman–Crippen MR) is 88.6 cm³/mol. The lowest BCUT2D eigenvalue weighted by Gasteiger charge is -2.40. The van der Waals surface area contributed by atoms with Gasteiger partial charge in [0.25, 0.3) is 5.56 Å². The Morgan fingerprint density at radius 2 is 2.28 bits per heavy atom. The molecule has 0 radical (unpaired) electrons. The number of rotatable bonds is 4. The van der Waals surface area contributed by atoms with Crippen molar-refractivity contribution in [3.8, 4) is 0 Å². The third kappa shape index (κ3) is 3.02. The minimum absolute atomic E-state index is 0.0162. The van der Waals surface area contributed by atoms with Crippen molar-refractivity contribution in [3.63, 3.8) is 0 Å². The molecule has 0 amide bonds. The van der Waals surface area contributed by atoms with E-state index in [1.165, 1.54) is 31.2 Å². The number of hydrogen-bond acceptors (Lipinski definition) is 4. The van der Waals surface area contributed by atoms with Crippen LogP contribution in [0.15, 0.2) is 41.7 Å². The molecular weight excluding hydrogens is 327 g/mol. The van der Waals surface area contributed by atoms with E-state index in [1.807, 2.05) is 0 Å². The first kappa shape index (κ1) is 17.2. The van der Waals surface area contributed by atoms with Crippen molar-refractivity contribution in [2.45, 2.75) is 24.9 Å². The van der Waals surface area contributed by atoms with E-state index in [1.54, 1.807) is 6.07 Å². The smallest absolute Gasteiger partial charge is 0.313 e. The number of halogens is 1. The molecule has 0 aliphatic heterocycles. The molecule has 3 N–H and O–H groups in total. The molecule has 7 heteroatoms. The number of aromatic amines is 2. The molecule has 0 bridgehead atoms. The highest BCUT2D eigenvalue weighted by Gasteiger charge is 2.51. The Hall–Kier alpha value is -2.67. The molecule has 3 atom stereocenters. The minimum Gasteiger partial charge on any atom is -0.461 e. The third-order valence-corrected chi connectivity index (χ3v) is 4.55. The standard InChI is InChI=1S/C18H19FN2O4/c1-3-7-25-17(23)15-13(10-5-4-6-11(19)8-10)14-12(9-18(15,2)24)20-21-16(14)22/h3-6,8,13,15,24H,1,7,9H2,2H3,(H2,20,21,22). The van der Waals surface area contributed by atoms with Crippen LogP contribution in [-0.2, 0) is 16.0 Å². The monoisotopic (exact) mass is 346 g/mol. The van der Waals surface area contributed by atoms with Crippen molar-refractivity contribution in [1.82, 2.24) is 10.2 Å². The third-order valence-electron chi connectivity index (χ3n) is 4.55. The largest absolute Gasteiger partial charge is 0.461 e. The fourth-order valence-electron chi connectivity index (χ4n) is 3.55. The number of esters is 1. The molecule has 0 spiro atoms. The van der Waals surface area contributed by atoms with Crippen molar-refractivity contribution < 1.29 is 19.0 Å².